The predicted octanol–water partition coefficient (Wildman–Crippen LogP) is 1.72. The minimum atomic E-state index is -0.0561. The molecule has 96 valence electrons. The average Bonchev–Trinajstić information content (AvgIpc) is 2.73. The molecule has 0 saturated carbocycles. The van der Waals surface area contributed by atoms with E-state index in [1.165, 1.54) is 5.56 Å². The second-order valence-electron chi connectivity index (χ2n) is 4.48. The van der Waals surface area contributed by atoms with Crippen molar-refractivity contribution in [2.75, 3.05) is 0 Å². The van der Waals surface area contributed by atoms with Crippen LogP contribution in [0, 0.1) is 6.92 Å². The van der Waals surface area contributed by atoms with E-state index >= 15 is 0 Å². The summed E-state index contributed by atoms with van der Waals surface area (Å²) in [5.74, 6) is 1.59. The summed E-state index contributed by atoms with van der Waals surface area (Å²) in [5.41, 5.74) is 8.13. The zero-order valence-electron chi connectivity index (χ0n) is 10.9. The molecule has 0 unspecified atom stereocenters. The molecule has 0 radical (unpaired) electrons. The van der Waals surface area contributed by atoms with Crippen LogP contribution in [-0.2, 0) is 13.7 Å². The van der Waals surface area contributed by atoms with Gasteiger partial charge < -0.3 is 15.0 Å². The molecule has 0 aliphatic carbocycles. The molecule has 1 heterocycles. The van der Waals surface area contributed by atoms with Crippen molar-refractivity contribution in [3.05, 3.63) is 41.5 Å². The topological polar surface area (TPSA) is 66.0 Å². The molecule has 0 spiro atoms. The highest BCUT2D eigenvalue weighted by Crippen LogP contribution is 2.25. The third-order valence-electron chi connectivity index (χ3n) is 2.82. The number of aromatic nitrogens is 3. The Labute approximate surface area is 107 Å². The lowest BCUT2D eigenvalue weighted by Gasteiger charge is -2.14. The average molecular weight is 246 g/mol. The fourth-order valence-electron chi connectivity index (χ4n) is 1.74. The summed E-state index contributed by atoms with van der Waals surface area (Å²) in [4.78, 5) is 0. The molecule has 0 amide bonds. The lowest BCUT2D eigenvalue weighted by atomic mass is 10.1. The lowest BCUT2D eigenvalue weighted by molar-refractivity contribution is 0.287. The number of rotatable bonds is 4. The van der Waals surface area contributed by atoms with Gasteiger partial charge in [-0.25, -0.2) is 0 Å². The van der Waals surface area contributed by atoms with Crippen LogP contribution in [0.4, 0.5) is 0 Å². The summed E-state index contributed by atoms with van der Waals surface area (Å²) in [7, 11) is 1.89. The van der Waals surface area contributed by atoms with Crippen LogP contribution >= 0.6 is 0 Å². The van der Waals surface area contributed by atoms with Gasteiger partial charge in [0.2, 0.25) is 0 Å². The molecular weight excluding hydrogens is 228 g/mol. The van der Waals surface area contributed by atoms with Crippen LogP contribution in [0.2, 0.25) is 0 Å². The van der Waals surface area contributed by atoms with Gasteiger partial charge in [-0.2, -0.15) is 0 Å². The van der Waals surface area contributed by atoms with Gasteiger partial charge in [0.05, 0.1) is 0 Å². The van der Waals surface area contributed by atoms with E-state index in [4.69, 9.17) is 10.5 Å². The van der Waals surface area contributed by atoms with Gasteiger partial charge in [0.15, 0.2) is 5.82 Å². The quantitative estimate of drug-likeness (QED) is 0.892. The molecule has 1 atom stereocenters. The number of benzene rings is 1. The van der Waals surface area contributed by atoms with Crippen LogP contribution in [0.1, 0.15) is 29.9 Å². The van der Waals surface area contributed by atoms with E-state index < -0.39 is 0 Å². The lowest BCUT2D eigenvalue weighted by Crippen LogP contribution is -2.09. The van der Waals surface area contributed by atoms with E-state index in [-0.39, 0.29) is 6.04 Å². The van der Waals surface area contributed by atoms with Gasteiger partial charge in [-0.05, 0) is 19.9 Å². The maximum Gasteiger partial charge on any atom is 0.170 e. The summed E-state index contributed by atoms with van der Waals surface area (Å²) in [6.45, 7) is 4.38. The number of nitrogens with zero attached hydrogens (tertiary/aromatic N) is 3. The fraction of sp³-hybridized carbons (Fsp3) is 0.385. The van der Waals surface area contributed by atoms with E-state index in [1.807, 2.05) is 37.6 Å². The first kappa shape index (κ1) is 12.6. The van der Waals surface area contributed by atoms with Crippen molar-refractivity contribution in [2.24, 2.45) is 12.8 Å². The Morgan fingerprint density at radius 3 is 2.83 bits per heavy atom. The maximum atomic E-state index is 5.95. The van der Waals surface area contributed by atoms with Crippen LogP contribution in [0.25, 0.3) is 0 Å². The fourth-order valence-corrected chi connectivity index (χ4v) is 1.74. The van der Waals surface area contributed by atoms with Gasteiger partial charge in [0, 0.05) is 18.7 Å². The molecule has 0 aliphatic heterocycles. The highest BCUT2D eigenvalue weighted by molar-refractivity contribution is 5.38. The third-order valence-corrected chi connectivity index (χ3v) is 2.82. The Hall–Kier alpha value is -1.88. The first-order chi connectivity index (χ1) is 8.58. The number of aryl methyl sites for hydroxylation is 2. The van der Waals surface area contributed by atoms with Crippen molar-refractivity contribution in [2.45, 2.75) is 26.5 Å². The van der Waals surface area contributed by atoms with E-state index in [2.05, 4.69) is 16.3 Å². The highest BCUT2D eigenvalue weighted by Gasteiger charge is 2.10. The molecule has 2 aromatic rings. The minimum Gasteiger partial charge on any atom is -0.485 e. The molecule has 0 bridgehead atoms. The predicted molar refractivity (Wildman–Crippen MR) is 69.1 cm³/mol. The number of hydrogen-bond donors (Lipinski definition) is 1. The normalized spacial score (nSPS) is 12.4. The van der Waals surface area contributed by atoms with Gasteiger partial charge in [-0.3, -0.25) is 0 Å². The van der Waals surface area contributed by atoms with Crippen molar-refractivity contribution < 1.29 is 4.74 Å². The Kier molecular flexibility index (Phi) is 3.62. The zero-order chi connectivity index (χ0) is 13.1. The second-order valence-corrected chi connectivity index (χ2v) is 4.48. The third kappa shape index (κ3) is 2.68. The molecule has 1 aromatic carbocycles. The Bertz CT molecular complexity index is 534. The number of ether oxygens (including phenoxy) is 1. The zero-order valence-corrected chi connectivity index (χ0v) is 10.9. The summed E-state index contributed by atoms with van der Waals surface area (Å²) in [6.07, 6.45) is 1.65. The van der Waals surface area contributed by atoms with Crippen LogP contribution < -0.4 is 10.5 Å². The number of nitrogens with two attached hydrogens (primary N) is 1. The number of hydrogen-bond acceptors (Lipinski definition) is 4. The Morgan fingerprint density at radius 2 is 2.22 bits per heavy atom. The van der Waals surface area contributed by atoms with Gasteiger partial charge >= 0.3 is 0 Å². The standard InChI is InChI=1S/C13H18N4O/c1-9-4-5-12(11(6-9)10(2)14)18-7-13-16-15-8-17(13)3/h4-6,8,10H,7,14H2,1-3H3/t10-/m1/s1. The van der Waals surface area contributed by atoms with Gasteiger partial charge in [-0.15, -0.1) is 10.2 Å². The van der Waals surface area contributed by atoms with Crippen LogP contribution in [0.15, 0.2) is 24.5 Å². The molecule has 2 rings (SSSR count). The molecule has 1 aromatic heterocycles. The van der Waals surface area contributed by atoms with Crippen LogP contribution in [0.5, 0.6) is 5.75 Å². The van der Waals surface area contributed by atoms with Gasteiger partial charge in [-0.1, -0.05) is 17.7 Å². The van der Waals surface area contributed by atoms with Crippen LogP contribution in [-0.4, -0.2) is 14.8 Å². The van der Waals surface area contributed by atoms with E-state index in [0.717, 1.165) is 17.1 Å². The summed E-state index contributed by atoms with van der Waals surface area (Å²) in [6, 6.07) is 5.96. The second kappa shape index (κ2) is 5.18. The van der Waals surface area contributed by atoms with Crippen molar-refractivity contribution in [3.63, 3.8) is 0 Å². The molecule has 5 heteroatoms. The van der Waals surface area contributed by atoms with E-state index in [0.29, 0.717) is 6.61 Å². The first-order valence-corrected chi connectivity index (χ1v) is 5.89. The molecule has 0 aliphatic rings. The van der Waals surface area contributed by atoms with E-state index in [1.54, 1.807) is 6.33 Å². The molecule has 2 N–H and O–H groups in total. The monoisotopic (exact) mass is 246 g/mol. The first-order valence-electron chi connectivity index (χ1n) is 5.89. The smallest absolute Gasteiger partial charge is 0.170 e. The van der Waals surface area contributed by atoms with Crippen LogP contribution in [0.3, 0.4) is 0 Å². The summed E-state index contributed by atoms with van der Waals surface area (Å²) < 4.78 is 7.61. The van der Waals surface area contributed by atoms with Gasteiger partial charge in [0.25, 0.3) is 0 Å². The van der Waals surface area contributed by atoms with Gasteiger partial charge in [0.1, 0.15) is 18.7 Å². The van der Waals surface area contributed by atoms with Crippen molar-refractivity contribution in [3.8, 4) is 5.75 Å². The highest BCUT2D eigenvalue weighted by atomic mass is 16.5. The van der Waals surface area contributed by atoms with Crippen molar-refractivity contribution in [1.82, 2.24) is 14.8 Å². The molecule has 5 nitrogen and oxygen atoms in total. The SMILES string of the molecule is Cc1ccc(OCc2nncn2C)c([C@@H](C)N)c1. The largest absolute Gasteiger partial charge is 0.485 e. The molecule has 18 heavy (non-hydrogen) atoms. The van der Waals surface area contributed by atoms with Crippen molar-refractivity contribution in [1.29, 1.82) is 0 Å². The van der Waals surface area contributed by atoms with E-state index in [9.17, 15) is 0 Å². The Balaban J connectivity index is 2.16. The van der Waals surface area contributed by atoms with Crippen molar-refractivity contribution >= 4 is 0 Å². The minimum absolute atomic E-state index is 0.0561. The summed E-state index contributed by atoms with van der Waals surface area (Å²) >= 11 is 0. The molecule has 0 saturated heterocycles. The molecular formula is C13H18N4O. The molecule has 0 fully saturated rings. The Morgan fingerprint density at radius 1 is 1.44 bits per heavy atom. The summed E-state index contributed by atoms with van der Waals surface area (Å²) in [5, 5.41) is 7.79. The maximum absolute atomic E-state index is 5.95.